The summed E-state index contributed by atoms with van der Waals surface area (Å²) >= 11 is 3.21. The number of halogens is 4. The quantitative estimate of drug-likeness (QED) is 0.351. The maximum Gasteiger partial charge on any atom is 0.573 e. The van der Waals surface area contributed by atoms with Gasteiger partial charge in [-0.3, -0.25) is 0 Å². The van der Waals surface area contributed by atoms with E-state index in [1.807, 2.05) is 43.3 Å². The van der Waals surface area contributed by atoms with Gasteiger partial charge in [0, 0.05) is 48.6 Å². The lowest BCUT2D eigenvalue weighted by atomic mass is 9.86. The van der Waals surface area contributed by atoms with Crippen LogP contribution in [0, 0.1) is 5.92 Å². The summed E-state index contributed by atoms with van der Waals surface area (Å²) in [7, 11) is 3.94. The van der Waals surface area contributed by atoms with Crippen LogP contribution >= 0.6 is 15.9 Å². The predicted molar refractivity (Wildman–Crippen MR) is 136 cm³/mol. The normalized spacial score (nSPS) is 18.5. The third kappa shape index (κ3) is 6.98. The molecule has 1 fully saturated rings. The highest BCUT2D eigenvalue weighted by molar-refractivity contribution is 9.10. The highest BCUT2D eigenvalue weighted by Crippen LogP contribution is 2.31. The van der Waals surface area contributed by atoms with Crippen LogP contribution in [0.4, 0.5) is 24.9 Å². The second-order valence-electron chi connectivity index (χ2n) is 9.06. The molecule has 0 unspecified atom stereocenters. The van der Waals surface area contributed by atoms with Crippen LogP contribution in [0.3, 0.4) is 0 Å². The van der Waals surface area contributed by atoms with Gasteiger partial charge in [0.15, 0.2) is 0 Å². The zero-order valence-corrected chi connectivity index (χ0v) is 21.3. The van der Waals surface area contributed by atoms with E-state index in [0.29, 0.717) is 28.4 Å². The summed E-state index contributed by atoms with van der Waals surface area (Å²) in [6.07, 6.45) is -0.765. The topological polar surface area (TPSA) is 62.3 Å². The van der Waals surface area contributed by atoms with Gasteiger partial charge >= 0.3 is 6.36 Å². The lowest BCUT2D eigenvalue weighted by molar-refractivity contribution is -0.274. The molecule has 0 spiro atoms. The standard InChI is InChI=1S/C25H29BrF3N5O/c1-34(2)23-20-5-3-4-6-21(20)32-24(33-23)31-14-16-7-11-19(12-8-16)30-15-17-9-10-18(26)13-22(17)35-25(27,28)29/h3-6,9-10,13,16,19,30H,7-8,11-12,14-15H2,1-2H3,(H,31,32,33)/t16-,19+. The molecule has 0 bridgehead atoms. The minimum absolute atomic E-state index is 0.176. The maximum absolute atomic E-state index is 12.7. The lowest BCUT2D eigenvalue weighted by Crippen LogP contribution is -2.34. The first-order valence-electron chi connectivity index (χ1n) is 11.6. The summed E-state index contributed by atoms with van der Waals surface area (Å²) < 4.78 is 43.0. The van der Waals surface area contributed by atoms with Crippen LogP contribution in [0.15, 0.2) is 46.9 Å². The number of hydrogen-bond donors (Lipinski definition) is 2. The molecular weight excluding hydrogens is 523 g/mol. The number of para-hydroxylation sites is 1. The van der Waals surface area contributed by atoms with Crippen LogP contribution in [0.5, 0.6) is 5.75 Å². The van der Waals surface area contributed by atoms with Gasteiger partial charge in [0.05, 0.1) is 5.52 Å². The monoisotopic (exact) mass is 551 g/mol. The second-order valence-corrected chi connectivity index (χ2v) is 9.98. The summed E-state index contributed by atoms with van der Waals surface area (Å²) in [5, 5.41) is 7.83. The van der Waals surface area contributed by atoms with Gasteiger partial charge in [0.1, 0.15) is 11.6 Å². The molecule has 2 N–H and O–H groups in total. The van der Waals surface area contributed by atoms with Crippen molar-refractivity contribution in [2.24, 2.45) is 5.92 Å². The Hall–Kier alpha value is -2.59. The first-order chi connectivity index (χ1) is 16.7. The fourth-order valence-corrected chi connectivity index (χ4v) is 4.77. The predicted octanol–water partition coefficient (Wildman–Crippen LogP) is 6.12. The van der Waals surface area contributed by atoms with Crippen LogP contribution in [0.1, 0.15) is 31.2 Å². The summed E-state index contributed by atoms with van der Waals surface area (Å²) in [5.41, 5.74) is 1.39. The Morgan fingerprint density at radius 3 is 2.51 bits per heavy atom. The molecule has 188 valence electrons. The molecule has 0 atom stereocenters. The maximum atomic E-state index is 12.7. The summed E-state index contributed by atoms with van der Waals surface area (Å²) in [5.74, 6) is 1.82. The number of alkyl halides is 3. The van der Waals surface area contributed by atoms with Crippen molar-refractivity contribution in [3.05, 3.63) is 52.5 Å². The van der Waals surface area contributed by atoms with Crippen molar-refractivity contribution >= 4 is 38.6 Å². The smallest absolute Gasteiger partial charge is 0.405 e. The number of nitrogens with zero attached hydrogens (tertiary/aromatic N) is 3. The molecule has 0 aliphatic heterocycles. The van der Waals surface area contributed by atoms with E-state index < -0.39 is 6.36 Å². The number of anilines is 2. The van der Waals surface area contributed by atoms with Crippen molar-refractivity contribution in [1.29, 1.82) is 0 Å². The Kier molecular flexibility index (Phi) is 8.01. The van der Waals surface area contributed by atoms with Gasteiger partial charge in [0.25, 0.3) is 0 Å². The van der Waals surface area contributed by atoms with E-state index in [-0.39, 0.29) is 11.8 Å². The minimum Gasteiger partial charge on any atom is -0.405 e. The molecule has 4 rings (SSSR count). The highest BCUT2D eigenvalue weighted by Gasteiger charge is 2.32. The van der Waals surface area contributed by atoms with Gasteiger partial charge in [-0.05, 0) is 55.9 Å². The van der Waals surface area contributed by atoms with Crippen LogP contribution in [0.25, 0.3) is 10.9 Å². The van der Waals surface area contributed by atoms with E-state index in [4.69, 9.17) is 4.98 Å². The first-order valence-corrected chi connectivity index (χ1v) is 12.4. The molecule has 6 nitrogen and oxygen atoms in total. The van der Waals surface area contributed by atoms with E-state index in [2.05, 4.69) is 36.3 Å². The Labute approximate surface area is 211 Å². The van der Waals surface area contributed by atoms with E-state index in [0.717, 1.165) is 48.9 Å². The molecule has 3 aromatic rings. The fraction of sp³-hybridized carbons (Fsp3) is 0.440. The molecule has 2 aromatic carbocycles. The summed E-state index contributed by atoms with van der Waals surface area (Å²) in [6, 6.07) is 12.9. The second kappa shape index (κ2) is 11.0. The van der Waals surface area contributed by atoms with Crippen LogP contribution in [0.2, 0.25) is 0 Å². The van der Waals surface area contributed by atoms with Crippen LogP contribution in [-0.4, -0.2) is 43.0 Å². The number of rotatable bonds is 8. The minimum atomic E-state index is -4.72. The molecule has 1 aromatic heterocycles. The van der Waals surface area contributed by atoms with Gasteiger partial charge in [-0.25, -0.2) is 4.98 Å². The number of aromatic nitrogens is 2. The molecule has 1 aliphatic rings. The van der Waals surface area contributed by atoms with E-state index in [1.165, 1.54) is 6.07 Å². The number of hydrogen-bond acceptors (Lipinski definition) is 6. The van der Waals surface area contributed by atoms with E-state index in [9.17, 15) is 13.2 Å². The van der Waals surface area contributed by atoms with Crippen molar-refractivity contribution < 1.29 is 17.9 Å². The van der Waals surface area contributed by atoms with Gasteiger partial charge < -0.3 is 20.3 Å². The first kappa shape index (κ1) is 25.5. The fourth-order valence-electron chi connectivity index (χ4n) is 4.43. The summed E-state index contributed by atoms with van der Waals surface area (Å²) in [4.78, 5) is 11.4. The zero-order chi connectivity index (χ0) is 25.0. The van der Waals surface area contributed by atoms with Crippen LogP contribution in [-0.2, 0) is 6.54 Å². The van der Waals surface area contributed by atoms with Crippen molar-refractivity contribution in [2.75, 3.05) is 30.9 Å². The SMILES string of the molecule is CN(C)c1nc(NC[C@H]2CC[C@@H](NCc3ccc(Br)cc3OC(F)(F)F)CC2)nc2ccccc12. The Bertz CT molecular complexity index is 1150. The van der Waals surface area contributed by atoms with E-state index in [1.54, 1.807) is 12.1 Å². The molecule has 1 saturated carbocycles. The third-order valence-electron chi connectivity index (χ3n) is 6.24. The molecule has 0 radical (unpaired) electrons. The van der Waals surface area contributed by atoms with Crippen molar-refractivity contribution in [3.63, 3.8) is 0 Å². The van der Waals surface area contributed by atoms with E-state index >= 15 is 0 Å². The highest BCUT2D eigenvalue weighted by atomic mass is 79.9. The average molecular weight is 552 g/mol. The van der Waals surface area contributed by atoms with Gasteiger partial charge in [-0.15, -0.1) is 13.2 Å². The molecule has 10 heteroatoms. The number of nitrogens with one attached hydrogen (secondary N) is 2. The number of fused-ring (bicyclic) bond motifs is 1. The molecule has 1 aliphatic carbocycles. The molecule has 0 saturated heterocycles. The van der Waals surface area contributed by atoms with Crippen LogP contribution < -0.4 is 20.3 Å². The number of benzene rings is 2. The Balaban J connectivity index is 1.29. The zero-order valence-electron chi connectivity index (χ0n) is 19.7. The Morgan fingerprint density at radius 2 is 1.80 bits per heavy atom. The molecule has 1 heterocycles. The van der Waals surface area contributed by atoms with Crippen molar-refractivity contribution in [1.82, 2.24) is 15.3 Å². The molecule has 35 heavy (non-hydrogen) atoms. The lowest BCUT2D eigenvalue weighted by Gasteiger charge is -2.29. The largest absolute Gasteiger partial charge is 0.573 e. The molecule has 0 amide bonds. The van der Waals surface area contributed by atoms with Gasteiger partial charge in [0.2, 0.25) is 5.95 Å². The van der Waals surface area contributed by atoms with Crippen molar-refractivity contribution in [3.8, 4) is 5.75 Å². The third-order valence-corrected chi connectivity index (χ3v) is 6.73. The van der Waals surface area contributed by atoms with Crippen molar-refractivity contribution in [2.45, 2.75) is 44.6 Å². The summed E-state index contributed by atoms with van der Waals surface area (Å²) in [6.45, 7) is 1.11. The van der Waals surface area contributed by atoms with Gasteiger partial charge in [-0.2, -0.15) is 4.98 Å². The Morgan fingerprint density at radius 1 is 1.06 bits per heavy atom. The number of ether oxygens (including phenoxy) is 1. The van der Waals surface area contributed by atoms with Gasteiger partial charge in [-0.1, -0.05) is 34.1 Å². The average Bonchev–Trinajstić information content (AvgIpc) is 2.81. The molecular formula is C25H29BrF3N5O.